The van der Waals surface area contributed by atoms with E-state index in [9.17, 15) is 14.4 Å². The molecule has 0 saturated carbocycles. The molecule has 33 heavy (non-hydrogen) atoms. The first-order valence-electron chi connectivity index (χ1n) is 11.8. The highest BCUT2D eigenvalue weighted by Gasteiger charge is 2.30. The minimum absolute atomic E-state index is 0.0398. The molecule has 0 aliphatic carbocycles. The average Bonchev–Trinajstić information content (AvgIpc) is 2.83. The van der Waals surface area contributed by atoms with Crippen molar-refractivity contribution < 1.29 is 19.1 Å². The van der Waals surface area contributed by atoms with Gasteiger partial charge >= 0.3 is 11.9 Å². The van der Waals surface area contributed by atoms with Crippen LogP contribution in [0.25, 0.3) is 20.2 Å². The predicted molar refractivity (Wildman–Crippen MR) is 134 cm³/mol. The molecule has 0 unspecified atom stereocenters. The van der Waals surface area contributed by atoms with Crippen LogP contribution in [0.4, 0.5) is 0 Å². The molecule has 0 N–H and O–H groups in total. The highest BCUT2D eigenvalue weighted by Crippen LogP contribution is 2.26. The Bertz CT molecular complexity index is 1130. The number of ether oxygens (including phenoxy) is 2. The zero-order valence-electron chi connectivity index (χ0n) is 19.4. The lowest BCUT2D eigenvalue weighted by atomic mass is 9.98. The maximum absolute atomic E-state index is 13.0. The number of rotatable bonds is 12. The van der Waals surface area contributed by atoms with Crippen LogP contribution in [0.1, 0.15) is 57.9 Å². The quantitative estimate of drug-likeness (QED) is 0.140. The van der Waals surface area contributed by atoms with E-state index in [4.69, 9.17) is 9.47 Å². The van der Waals surface area contributed by atoms with Crippen LogP contribution in [-0.2, 0) is 25.5 Å². The molecule has 0 radical (unpaired) electrons. The molecule has 0 aliphatic heterocycles. The number of carbonyl (C=O) groups excluding carboxylic acids is 2. The summed E-state index contributed by atoms with van der Waals surface area (Å²) in [6.45, 7) is 4.74. The largest absolute Gasteiger partial charge is 0.465 e. The Morgan fingerprint density at radius 3 is 2.06 bits per heavy atom. The van der Waals surface area contributed by atoms with Gasteiger partial charge in [0.25, 0.3) is 0 Å². The number of carbonyl (C=O) groups is 2. The first-order chi connectivity index (χ1) is 16.0. The fraction of sp³-hybridized carbons (Fsp3) is 0.444. The monoisotopic (exact) mass is 468 g/mol. The number of unbranched alkanes of at least 4 members (excludes halogenated alkanes) is 4. The third-order valence-corrected chi connectivity index (χ3v) is 6.79. The van der Waals surface area contributed by atoms with E-state index in [0.29, 0.717) is 24.0 Å². The summed E-state index contributed by atoms with van der Waals surface area (Å²) in [6, 6.07) is 13.1. The molecule has 3 rings (SSSR count). The van der Waals surface area contributed by atoms with Gasteiger partial charge in [-0.1, -0.05) is 57.7 Å². The summed E-state index contributed by atoms with van der Waals surface area (Å²) in [7, 11) is 0. The Hall–Kier alpha value is -2.73. The standard InChI is InChI=1S/C27H32O5S/c1-3-5-9-15-31-26(29)22(27(30)32-16-10-6-4-2)18-19-13-14-24-21(17-19)25(28)20-11-7-8-12-23(20)33-24/h7-8,11-14,17,22H,3-6,9-10,15-16,18H2,1-2H3. The Balaban J connectivity index is 1.83. The summed E-state index contributed by atoms with van der Waals surface area (Å²) in [6.07, 6.45) is 5.65. The van der Waals surface area contributed by atoms with Crippen LogP contribution in [0.2, 0.25) is 0 Å². The molecular formula is C27H32O5S. The van der Waals surface area contributed by atoms with E-state index >= 15 is 0 Å². The van der Waals surface area contributed by atoms with E-state index in [2.05, 4.69) is 13.8 Å². The molecule has 1 aromatic heterocycles. The topological polar surface area (TPSA) is 69.7 Å². The lowest BCUT2D eigenvalue weighted by Crippen LogP contribution is -2.30. The van der Waals surface area contributed by atoms with Crippen molar-refractivity contribution in [3.63, 3.8) is 0 Å². The summed E-state index contributed by atoms with van der Waals surface area (Å²) in [5, 5.41) is 1.27. The molecular weight excluding hydrogens is 436 g/mol. The minimum Gasteiger partial charge on any atom is -0.465 e. The van der Waals surface area contributed by atoms with E-state index in [1.165, 1.54) is 0 Å². The van der Waals surface area contributed by atoms with Crippen LogP contribution < -0.4 is 5.43 Å². The molecule has 6 heteroatoms. The number of benzene rings is 2. The lowest BCUT2D eigenvalue weighted by Gasteiger charge is -2.16. The van der Waals surface area contributed by atoms with Crippen LogP contribution >= 0.6 is 11.3 Å². The first kappa shape index (κ1) is 24.9. The van der Waals surface area contributed by atoms with E-state index in [1.54, 1.807) is 17.4 Å². The van der Waals surface area contributed by atoms with Gasteiger partial charge < -0.3 is 9.47 Å². The van der Waals surface area contributed by atoms with Crippen molar-refractivity contribution in [2.75, 3.05) is 13.2 Å². The van der Waals surface area contributed by atoms with Gasteiger partial charge in [0.2, 0.25) is 0 Å². The van der Waals surface area contributed by atoms with Crippen molar-refractivity contribution in [1.82, 2.24) is 0 Å². The van der Waals surface area contributed by atoms with Crippen molar-refractivity contribution in [3.8, 4) is 0 Å². The van der Waals surface area contributed by atoms with E-state index in [0.717, 1.165) is 53.5 Å². The summed E-state index contributed by atoms with van der Waals surface area (Å²) < 4.78 is 12.6. The van der Waals surface area contributed by atoms with Gasteiger partial charge in [-0.3, -0.25) is 14.4 Å². The zero-order chi connectivity index (χ0) is 23.6. The molecule has 3 aromatic rings. The van der Waals surface area contributed by atoms with Crippen molar-refractivity contribution in [1.29, 1.82) is 0 Å². The Labute approximate surface area is 198 Å². The molecule has 0 amide bonds. The molecule has 2 aromatic carbocycles. The van der Waals surface area contributed by atoms with Crippen molar-refractivity contribution in [2.45, 2.75) is 58.8 Å². The molecule has 0 saturated heterocycles. The van der Waals surface area contributed by atoms with Gasteiger partial charge in [-0.2, -0.15) is 0 Å². The van der Waals surface area contributed by atoms with Crippen LogP contribution in [0.15, 0.2) is 47.3 Å². The summed E-state index contributed by atoms with van der Waals surface area (Å²) in [4.78, 5) is 38.6. The van der Waals surface area contributed by atoms with Crippen LogP contribution in [0.3, 0.4) is 0 Å². The van der Waals surface area contributed by atoms with Gasteiger partial charge in [0, 0.05) is 20.2 Å². The van der Waals surface area contributed by atoms with Crippen molar-refractivity contribution in [3.05, 3.63) is 58.3 Å². The smallest absolute Gasteiger partial charge is 0.320 e. The fourth-order valence-electron chi connectivity index (χ4n) is 3.73. The van der Waals surface area contributed by atoms with E-state index in [1.807, 2.05) is 36.4 Å². The Kier molecular flexibility index (Phi) is 9.43. The normalized spacial score (nSPS) is 11.2. The highest BCUT2D eigenvalue weighted by molar-refractivity contribution is 7.24. The SMILES string of the molecule is CCCCCOC(=O)C(Cc1ccc2sc3ccccc3c(=O)c2c1)C(=O)OCCCCC. The van der Waals surface area contributed by atoms with Gasteiger partial charge in [-0.25, -0.2) is 0 Å². The highest BCUT2D eigenvalue weighted by atomic mass is 32.1. The van der Waals surface area contributed by atoms with Crippen LogP contribution in [0, 0.1) is 5.92 Å². The van der Waals surface area contributed by atoms with Gasteiger partial charge in [0.05, 0.1) is 13.2 Å². The second-order valence-corrected chi connectivity index (χ2v) is 9.35. The van der Waals surface area contributed by atoms with E-state index in [-0.39, 0.29) is 11.8 Å². The molecule has 0 spiro atoms. The molecule has 0 atom stereocenters. The van der Waals surface area contributed by atoms with Gasteiger partial charge in [-0.15, -0.1) is 11.3 Å². The van der Waals surface area contributed by atoms with Crippen LogP contribution in [0.5, 0.6) is 0 Å². The second kappa shape index (κ2) is 12.5. The molecule has 5 nitrogen and oxygen atoms in total. The fourth-order valence-corrected chi connectivity index (χ4v) is 4.78. The van der Waals surface area contributed by atoms with Crippen molar-refractivity contribution >= 4 is 43.4 Å². The van der Waals surface area contributed by atoms with E-state index < -0.39 is 17.9 Å². The number of hydrogen-bond acceptors (Lipinski definition) is 6. The maximum atomic E-state index is 13.0. The molecule has 0 aliphatic rings. The van der Waals surface area contributed by atoms with Crippen molar-refractivity contribution in [2.24, 2.45) is 5.92 Å². The Morgan fingerprint density at radius 2 is 1.42 bits per heavy atom. The summed E-state index contributed by atoms with van der Waals surface area (Å²) in [5.74, 6) is -2.16. The Morgan fingerprint density at radius 1 is 0.818 bits per heavy atom. The third-order valence-electron chi connectivity index (χ3n) is 5.63. The predicted octanol–water partition coefficient (Wildman–Crippen LogP) is 6.04. The van der Waals surface area contributed by atoms with Crippen LogP contribution in [-0.4, -0.2) is 25.2 Å². The first-order valence-corrected chi connectivity index (χ1v) is 12.6. The summed E-state index contributed by atoms with van der Waals surface area (Å²) in [5.41, 5.74) is 0.699. The lowest BCUT2D eigenvalue weighted by molar-refractivity contribution is -0.162. The molecule has 176 valence electrons. The number of hydrogen-bond donors (Lipinski definition) is 0. The molecule has 0 bridgehead atoms. The number of esters is 2. The van der Waals surface area contributed by atoms with Gasteiger partial charge in [-0.05, 0) is 49.1 Å². The molecule has 0 fully saturated rings. The third kappa shape index (κ3) is 6.64. The summed E-state index contributed by atoms with van der Waals surface area (Å²) >= 11 is 1.55. The maximum Gasteiger partial charge on any atom is 0.320 e. The van der Waals surface area contributed by atoms with Gasteiger partial charge in [0.1, 0.15) is 0 Å². The minimum atomic E-state index is -1.04. The molecule has 1 heterocycles. The van der Waals surface area contributed by atoms with Gasteiger partial charge in [0.15, 0.2) is 11.3 Å². The second-order valence-electron chi connectivity index (χ2n) is 8.26. The zero-order valence-corrected chi connectivity index (χ0v) is 20.2. The average molecular weight is 469 g/mol. The number of fused-ring (bicyclic) bond motifs is 2.